The smallest absolute Gasteiger partial charge is 0.313 e. The molecule has 0 radical (unpaired) electrons. The number of likely N-dealkylation sites (tertiary alicyclic amines) is 1. The molecule has 0 spiro atoms. The molecule has 25 heavy (non-hydrogen) atoms. The molecule has 0 bridgehead atoms. The van der Waals surface area contributed by atoms with Gasteiger partial charge in [0.1, 0.15) is 11.2 Å². The summed E-state index contributed by atoms with van der Waals surface area (Å²) in [5, 5.41) is 9.60. The number of hydrogen-bond donors (Lipinski definition) is 1. The van der Waals surface area contributed by atoms with Gasteiger partial charge in [0, 0.05) is 26.6 Å². The topological polar surface area (TPSA) is 76.1 Å². The normalized spacial score (nSPS) is 21.6. The Kier molecular flexibility index (Phi) is 6.42. The van der Waals surface area contributed by atoms with Gasteiger partial charge in [0.05, 0.1) is 13.7 Å². The number of nitrogens with zero attached hydrogens (tertiary/aromatic N) is 1. The molecule has 1 N–H and O–H groups in total. The lowest BCUT2D eigenvalue weighted by Crippen LogP contribution is -2.52. The van der Waals surface area contributed by atoms with Crippen LogP contribution >= 0.6 is 0 Å². The molecule has 1 aromatic carbocycles. The van der Waals surface area contributed by atoms with Crippen LogP contribution < -0.4 is 4.74 Å². The number of piperidine rings is 1. The maximum atomic E-state index is 12.7. The quantitative estimate of drug-likeness (QED) is 0.819. The Morgan fingerprint density at radius 3 is 2.52 bits per heavy atom. The van der Waals surface area contributed by atoms with E-state index in [2.05, 4.69) is 0 Å². The van der Waals surface area contributed by atoms with Crippen LogP contribution in [-0.4, -0.2) is 55.8 Å². The van der Waals surface area contributed by atoms with Crippen LogP contribution in [0.4, 0.5) is 0 Å². The van der Waals surface area contributed by atoms with Gasteiger partial charge in [-0.15, -0.1) is 0 Å². The molecule has 1 saturated heterocycles. The number of benzene rings is 1. The Morgan fingerprint density at radius 1 is 1.28 bits per heavy atom. The monoisotopic (exact) mass is 349 g/mol. The van der Waals surface area contributed by atoms with Crippen molar-refractivity contribution < 1.29 is 24.2 Å². The summed E-state index contributed by atoms with van der Waals surface area (Å²) in [6, 6.07) is 7.68. The lowest BCUT2D eigenvalue weighted by Gasteiger charge is -2.39. The first-order valence-corrected chi connectivity index (χ1v) is 8.56. The van der Waals surface area contributed by atoms with E-state index in [4.69, 9.17) is 9.47 Å². The number of carboxylic acids is 1. The zero-order valence-corrected chi connectivity index (χ0v) is 15.2. The number of methoxy groups -OCH3 is 2. The molecular weight excluding hydrogens is 322 g/mol. The van der Waals surface area contributed by atoms with Crippen molar-refractivity contribution in [2.24, 2.45) is 5.41 Å². The molecule has 1 aromatic rings. The minimum absolute atomic E-state index is 0.00949. The SMILES string of the molecule is COCC1(C(=O)O)CCCN(C(=O)CC(C)c2ccc(OC)cc2)C1. The third kappa shape index (κ3) is 4.51. The van der Waals surface area contributed by atoms with E-state index in [9.17, 15) is 14.7 Å². The predicted molar refractivity (Wildman–Crippen MR) is 93.8 cm³/mol. The fourth-order valence-corrected chi connectivity index (χ4v) is 3.42. The van der Waals surface area contributed by atoms with Crippen LogP contribution in [0.2, 0.25) is 0 Å². The second-order valence-corrected chi connectivity index (χ2v) is 6.82. The van der Waals surface area contributed by atoms with Crippen LogP contribution in [-0.2, 0) is 14.3 Å². The van der Waals surface area contributed by atoms with Crippen molar-refractivity contribution in [1.82, 2.24) is 4.90 Å². The number of hydrogen-bond acceptors (Lipinski definition) is 4. The van der Waals surface area contributed by atoms with Gasteiger partial charge in [-0.25, -0.2) is 0 Å². The van der Waals surface area contributed by atoms with Gasteiger partial charge in [0.25, 0.3) is 0 Å². The Labute approximate surface area is 148 Å². The Balaban J connectivity index is 2.02. The fraction of sp³-hybridized carbons (Fsp3) is 0.579. The average molecular weight is 349 g/mol. The summed E-state index contributed by atoms with van der Waals surface area (Å²) in [6.45, 7) is 2.95. The summed E-state index contributed by atoms with van der Waals surface area (Å²) in [5.74, 6) is -0.0640. The van der Waals surface area contributed by atoms with Gasteiger partial charge in [-0.05, 0) is 36.5 Å². The Morgan fingerprint density at radius 2 is 1.96 bits per heavy atom. The number of ether oxygens (including phenoxy) is 2. The Bertz CT molecular complexity index is 596. The molecule has 1 fully saturated rings. The number of carboxylic acid groups (broad SMARTS) is 1. The van der Waals surface area contributed by atoms with Gasteiger partial charge in [-0.3, -0.25) is 9.59 Å². The minimum Gasteiger partial charge on any atom is -0.497 e. The molecule has 1 aliphatic heterocycles. The molecular formula is C19H27NO5. The third-order valence-electron chi connectivity index (χ3n) is 4.97. The van der Waals surface area contributed by atoms with Crippen LogP contribution in [0.25, 0.3) is 0 Å². The van der Waals surface area contributed by atoms with Crippen LogP contribution in [0.5, 0.6) is 5.75 Å². The number of aliphatic carboxylic acids is 1. The predicted octanol–water partition coefficient (Wildman–Crippen LogP) is 2.53. The maximum absolute atomic E-state index is 12.7. The molecule has 2 atom stereocenters. The van der Waals surface area contributed by atoms with E-state index in [0.29, 0.717) is 25.8 Å². The average Bonchev–Trinajstić information content (AvgIpc) is 2.62. The molecule has 0 aliphatic carbocycles. The van der Waals surface area contributed by atoms with Gasteiger partial charge in [-0.1, -0.05) is 19.1 Å². The number of rotatable bonds is 7. The van der Waals surface area contributed by atoms with Crippen molar-refractivity contribution in [3.63, 3.8) is 0 Å². The van der Waals surface area contributed by atoms with E-state index < -0.39 is 11.4 Å². The van der Waals surface area contributed by atoms with Crippen LogP contribution in [0.15, 0.2) is 24.3 Å². The van der Waals surface area contributed by atoms with Crippen molar-refractivity contribution in [3.8, 4) is 5.75 Å². The minimum atomic E-state index is -0.994. The van der Waals surface area contributed by atoms with Crippen molar-refractivity contribution >= 4 is 11.9 Å². The van der Waals surface area contributed by atoms with Crippen molar-refractivity contribution in [1.29, 1.82) is 0 Å². The highest BCUT2D eigenvalue weighted by Gasteiger charge is 2.43. The van der Waals surface area contributed by atoms with Crippen molar-refractivity contribution in [2.45, 2.75) is 32.1 Å². The zero-order chi connectivity index (χ0) is 18.4. The lowest BCUT2D eigenvalue weighted by atomic mass is 9.80. The largest absolute Gasteiger partial charge is 0.497 e. The molecule has 6 nitrogen and oxygen atoms in total. The van der Waals surface area contributed by atoms with E-state index >= 15 is 0 Å². The summed E-state index contributed by atoms with van der Waals surface area (Å²) in [6.07, 6.45) is 1.57. The first kappa shape index (κ1) is 19.2. The highest BCUT2D eigenvalue weighted by molar-refractivity contribution is 5.80. The summed E-state index contributed by atoms with van der Waals surface area (Å²) < 4.78 is 10.3. The maximum Gasteiger partial charge on any atom is 0.313 e. The standard InChI is InChI=1S/C19H27NO5/c1-14(15-5-7-16(25-3)8-6-15)11-17(21)20-10-4-9-19(12-20,13-24-2)18(22)23/h5-8,14H,4,9-13H2,1-3H3,(H,22,23). The third-order valence-corrected chi connectivity index (χ3v) is 4.97. The molecule has 2 unspecified atom stereocenters. The number of carbonyl (C=O) groups excluding carboxylic acids is 1. The van der Waals surface area contributed by atoms with Gasteiger partial charge in [0.15, 0.2) is 0 Å². The second-order valence-electron chi connectivity index (χ2n) is 6.82. The molecule has 0 saturated carbocycles. The number of amides is 1. The van der Waals surface area contributed by atoms with E-state index in [1.54, 1.807) is 12.0 Å². The Hall–Kier alpha value is -2.08. The molecule has 138 valence electrons. The van der Waals surface area contributed by atoms with Crippen LogP contribution in [0.1, 0.15) is 37.7 Å². The molecule has 1 amide bonds. The highest BCUT2D eigenvalue weighted by atomic mass is 16.5. The molecule has 6 heteroatoms. The molecule has 0 aromatic heterocycles. The zero-order valence-electron chi connectivity index (χ0n) is 15.2. The van der Waals surface area contributed by atoms with Crippen LogP contribution in [0, 0.1) is 5.41 Å². The van der Waals surface area contributed by atoms with E-state index in [1.807, 2.05) is 31.2 Å². The van der Waals surface area contributed by atoms with E-state index in [1.165, 1.54) is 7.11 Å². The summed E-state index contributed by atoms with van der Waals surface area (Å²) >= 11 is 0. The van der Waals surface area contributed by atoms with E-state index in [0.717, 1.165) is 11.3 Å². The van der Waals surface area contributed by atoms with Gasteiger partial charge in [-0.2, -0.15) is 0 Å². The van der Waals surface area contributed by atoms with Crippen molar-refractivity contribution in [3.05, 3.63) is 29.8 Å². The second kappa shape index (κ2) is 8.34. The fourth-order valence-electron chi connectivity index (χ4n) is 3.42. The van der Waals surface area contributed by atoms with Gasteiger partial charge >= 0.3 is 5.97 Å². The number of carbonyl (C=O) groups is 2. The lowest BCUT2D eigenvalue weighted by molar-refractivity contribution is -0.159. The highest BCUT2D eigenvalue weighted by Crippen LogP contribution is 2.32. The summed E-state index contributed by atoms with van der Waals surface area (Å²) in [4.78, 5) is 26.1. The molecule has 2 rings (SSSR count). The van der Waals surface area contributed by atoms with E-state index in [-0.39, 0.29) is 25.0 Å². The van der Waals surface area contributed by atoms with Gasteiger partial charge < -0.3 is 19.5 Å². The van der Waals surface area contributed by atoms with Gasteiger partial charge in [0.2, 0.25) is 5.91 Å². The summed E-state index contributed by atoms with van der Waals surface area (Å²) in [5.41, 5.74) is 0.0685. The van der Waals surface area contributed by atoms with Crippen molar-refractivity contribution in [2.75, 3.05) is 33.9 Å². The van der Waals surface area contributed by atoms with Crippen LogP contribution in [0.3, 0.4) is 0 Å². The molecule has 1 aliphatic rings. The first-order valence-electron chi connectivity index (χ1n) is 8.56. The summed E-state index contributed by atoms with van der Waals surface area (Å²) in [7, 11) is 3.12. The molecule has 1 heterocycles. The first-order chi connectivity index (χ1) is 11.9.